The molecule has 1 amide bonds. The molecule has 1 atom stereocenters. The first-order valence-electron chi connectivity index (χ1n) is 8.86. The zero-order valence-corrected chi connectivity index (χ0v) is 16.1. The SMILES string of the molecule is CN=C/C(=C\N)N(C)CC(/C=C(\N)c1ccc(N2CC[C@H](F)C2)nc1)=NC=O. The van der Waals surface area contributed by atoms with Gasteiger partial charge in [0.05, 0.1) is 24.5 Å². The minimum Gasteiger partial charge on any atom is -0.403 e. The van der Waals surface area contributed by atoms with Gasteiger partial charge in [0.1, 0.15) is 12.0 Å². The summed E-state index contributed by atoms with van der Waals surface area (Å²) in [6.45, 7) is 1.32. The molecule has 0 aliphatic carbocycles. The summed E-state index contributed by atoms with van der Waals surface area (Å²) in [4.78, 5) is 26.8. The van der Waals surface area contributed by atoms with Crippen molar-refractivity contribution < 1.29 is 9.18 Å². The van der Waals surface area contributed by atoms with Gasteiger partial charge in [-0.25, -0.2) is 14.4 Å². The highest BCUT2D eigenvalue weighted by atomic mass is 19.1. The number of halogens is 1. The summed E-state index contributed by atoms with van der Waals surface area (Å²) in [7, 11) is 3.44. The van der Waals surface area contributed by atoms with Gasteiger partial charge in [-0.2, -0.15) is 0 Å². The van der Waals surface area contributed by atoms with E-state index < -0.39 is 6.17 Å². The number of aliphatic imine (C=N–C) groups is 2. The summed E-state index contributed by atoms with van der Waals surface area (Å²) in [5, 5.41) is 0. The highest BCUT2D eigenvalue weighted by Gasteiger charge is 2.22. The number of anilines is 1. The van der Waals surface area contributed by atoms with Crippen molar-refractivity contribution >= 4 is 29.9 Å². The highest BCUT2D eigenvalue weighted by Crippen LogP contribution is 2.21. The summed E-state index contributed by atoms with van der Waals surface area (Å²) in [6, 6.07) is 3.63. The van der Waals surface area contributed by atoms with Crippen LogP contribution in [0.3, 0.4) is 0 Å². The van der Waals surface area contributed by atoms with Gasteiger partial charge < -0.3 is 21.3 Å². The number of allylic oxidation sites excluding steroid dienone is 1. The molecule has 9 heteroatoms. The van der Waals surface area contributed by atoms with E-state index in [1.165, 1.54) is 6.20 Å². The van der Waals surface area contributed by atoms with Gasteiger partial charge in [0.15, 0.2) is 0 Å². The largest absolute Gasteiger partial charge is 0.403 e. The van der Waals surface area contributed by atoms with Crippen LogP contribution in [0.15, 0.2) is 46.3 Å². The Labute approximate surface area is 164 Å². The molecule has 1 saturated heterocycles. The average Bonchev–Trinajstić information content (AvgIpc) is 3.12. The molecule has 1 aromatic rings. The Morgan fingerprint density at radius 2 is 2.29 bits per heavy atom. The van der Waals surface area contributed by atoms with Crippen molar-refractivity contribution in [3.63, 3.8) is 0 Å². The summed E-state index contributed by atoms with van der Waals surface area (Å²) in [5.74, 6) is 0.717. The lowest BCUT2D eigenvalue weighted by molar-refractivity contribution is -0.106. The Hall–Kier alpha value is -3.23. The molecular formula is C19H26FN7O. The number of rotatable bonds is 8. The number of hydrogen-bond donors (Lipinski definition) is 2. The fourth-order valence-electron chi connectivity index (χ4n) is 2.86. The number of hydrogen-bond acceptors (Lipinski definition) is 7. The van der Waals surface area contributed by atoms with Crippen molar-refractivity contribution in [1.29, 1.82) is 0 Å². The Kier molecular flexibility index (Phi) is 7.67. The number of alkyl halides is 1. The first-order chi connectivity index (χ1) is 13.5. The van der Waals surface area contributed by atoms with Crippen molar-refractivity contribution in [2.24, 2.45) is 21.5 Å². The van der Waals surface area contributed by atoms with E-state index in [4.69, 9.17) is 11.5 Å². The maximum absolute atomic E-state index is 13.4. The zero-order valence-electron chi connectivity index (χ0n) is 16.1. The van der Waals surface area contributed by atoms with Gasteiger partial charge in [-0.15, -0.1) is 0 Å². The molecule has 4 N–H and O–H groups in total. The lowest BCUT2D eigenvalue weighted by atomic mass is 10.1. The minimum absolute atomic E-state index is 0.311. The Morgan fingerprint density at radius 1 is 1.50 bits per heavy atom. The predicted molar refractivity (Wildman–Crippen MR) is 111 cm³/mol. The first-order valence-corrected chi connectivity index (χ1v) is 8.86. The van der Waals surface area contributed by atoms with Gasteiger partial charge in [-0.3, -0.25) is 9.79 Å². The van der Waals surface area contributed by atoms with Crippen molar-refractivity contribution in [3.05, 3.63) is 41.9 Å². The molecule has 0 spiro atoms. The van der Waals surface area contributed by atoms with Gasteiger partial charge in [-0.05, 0) is 24.6 Å². The van der Waals surface area contributed by atoms with Gasteiger partial charge in [-0.1, -0.05) is 0 Å². The normalized spacial score (nSPS) is 18.8. The fourth-order valence-corrected chi connectivity index (χ4v) is 2.86. The van der Waals surface area contributed by atoms with Crippen molar-refractivity contribution in [3.8, 4) is 0 Å². The number of amides is 1. The van der Waals surface area contributed by atoms with E-state index in [-0.39, 0.29) is 0 Å². The van der Waals surface area contributed by atoms with E-state index in [1.54, 1.807) is 37.5 Å². The van der Waals surface area contributed by atoms with Crippen LogP contribution in [0, 0.1) is 0 Å². The molecule has 0 saturated carbocycles. The Morgan fingerprint density at radius 3 is 2.82 bits per heavy atom. The molecule has 28 heavy (non-hydrogen) atoms. The molecule has 0 unspecified atom stereocenters. The molecule has 1 aromatic heterocycles. The van der Waals surface area contributed by atoms with Gasteiger partial charge in [0.2, 0.25) is 6.41 Å². The third kappa shape index (κ3) is 5.63. The molecule has 0 bridgehead atoms. The van der Waals surface area contributed by atoms with Gasteiger partial charge in [0, 0.05) is 50.5 Å². The van der Waals surface area contributed by atoms with Crippen LogP contribution < -0.4 is 16.4 Å². The number of pyridine rings is 1. The molecule has 2 heterocycles. The molecule has 8 nitrogen and oxygen atoms in total. The van der Waals surface area contributed by atoms with E-state index in [0.29, 0.717) is 55.1 Å². The van der Waals surface area contributed by atoms with Crippen LogP contribution in [-0.4, -0.2) is 68.1 Å². The summed E-state index contributed by atoms with van der Waals surface area (Å²) >= 11 is 0. The van der Waals surface area contributed by atoms with E-state index in [9.17, 15) is 9.18 Å². The van der Waals surface area contributed by atoms with Crippen LogP contribution >= 0.6 is 0 Å². The lowest BCUT2D eigenvalue weighted by Gasteiger charge is -2.19. The third-order valence-corrected chi connectivity index (χ3v) is 4.35. The number of carbonyl (C=O) groups excluding carboxylic acids is 1. The maximum atomic E-state index is 13.4. The average molecular weight is 387 g/mol. The molecular weight excluding hydrogens is 361 g/mol. The van der Waals surface area contributed by atoms with E-state index in [1.807, 2.05) is 17.0 Å². The topological polar surface area (TPSA) is 113 Å². The Bertz CT molecular complexity index is 786. The van der Waals surface area contributed by atoms with Gasteiger partial charge >= 0.3 is 0 Å². The van der Waals surface area contributed by atoms with Crippen LogP contribution in [-0.2, 0) is 4.79 Å². The molecule has 1 aliphatic heterocycles. The number of carbonyl (C=O) groups is 1. The number of nitrogens with zero attached hydrogens (tertiary/aromatic N) is 5. The third-order valence-electron chi connectivity index (χ3n) is 4.35. The fraction of sp³-hybridized carbons (Fsp3) is 0.368. The quantitative estimate of drug-likeness (QED) is 0.507. The van der Waals surface area contributed by atoms with E-state index in [0.717, 1.165) is 5.82 Å². The van der Waals surface area contributed by atoms with E-state index >= 15 is 0 Å². The maximum Gasteiger partial charge on any atom is 0.233 e. The first kappa shape index (κ1) is 21.1. The van der Waals surface area contributed by atoms with E-state index in [2.05, 4.69) is 15.0 Å². The molecule has 150 valence electrons. The molecule has 2 rings (SSSR count). The van der Waals surface area contributed by atoms with Crippen LogP contribution in [0.2, 0.25) is 0 Å². The van der Waals surface area contributed by atoms with Crippen LogP contribution in [0.4, 0.5) is 10.2 Å². The Balaban J connectivity index is 2.13. The summed E-state index contributed by atoms with van der Waals surface area (Å²) in [6.07, 6.45) is 6.45. The minimum atomic E-state index is -0.809. The molecule has 1 fully saturated rings. The number of nitrogens with two attached hydrogens (primary N) is 2. The van der Waals surface area contributed by atoms with Crippen molar-refractivity contribution in [1.82, 2.24) is 9.88 Å². The second-order valence-electron chi connectivity index (χ2n) is 6.40. The number of aromatic nitrogens is 1. The smallest absolute Gasteiger partial charge is 0.233 e. The summed E-state index contributed by atoms with van der Waals surface area (Å²) < 4.78 is 13.4. The van der Waals surface area contributed by atoms with Crippen LogP contribution in [0.1, 0.15) is 12.0 Å². The monoisotopic (exact) mass is 387 g/mol. The second kappa shape index (κ2) is 10.2. The predicted octanol–water partition coefficient (Wildman–Crippen LogP) is 0.959. The summed E-state index contributed by atoms with van der Waals surface area (Å²) in [5.41, 5.74) is 14.0. The van der Waals surface area contributed by atoms with Crippen molar-refractivity contribution in [2.45, 2.75) is 12.6 Å². The zero-order chi connectivity index (χ0) is 20.5. The van der Waals surface area contributed by atoms with Crippen LogP contribution in [0.25, 0.3) is 5.70 Å². The molecule has 1 aliphatic rings. The van der Waals surface area contributed by atoms with Crippen LogP contribution in [0.5, 0.6) is 0 Å². The second-order valence-corrected chi connectivity index (χ2v) is 6.40. The molecule has 0 aromatic carbocycles. The standard InChI is InChI=1S/C19H26FN7O/c1-23-10-17(8-21)26(2)12-16(25-13-28)7-18(22)14-3-4-19(24-9-14)27-6-5-15(20)11-27/h3-4,7-10,13,15H,5-6,11-12,21-22H2,1-2H3/b17-8+,18-7-,23-10?,25-16?/t15-/m0/s1. The highest BCUT2D eigenvalue weighted by molar-refractivity contribution is 6.04. The molecule has 0 radical (unpaired) electrons. The van der Waals surface area contributed by atoms with Gasteiger partial charge in [0.25, 0.3) is 0 Å². The van der Waals surface area contributed by atoms with Crippen molar-refractivity contribution in [2.75, 3.05) is 38.6 Å². The lowest BCUT2D eigenvalue weighted by Crippen LogP contribution is -2.26.